The molecule has 0 saturated carbocycles. The average Bonchev–Trinajstić information content (AvgIpc) is 3.24. The van der Waals surface area contributed by atoms with Crippen molar-refractivity contribution >= 4 is 70.9 Å². The van der Waals surface area contributed by atoms with Gasteiger partial charge in [0.15, 0.2) is 23.1 Å². The second-order valence-electron chi connectivity index (χ2n) is 12.0. The lowest BCUT2D eigenvalue weighted by Gasteiger charge is -2.00. The first kappa shape index (κ1) is 314. The zero-order valence-corrected chi connectivity index (χ0v) is 38.3. The van der Waals surface area contributed by atoms with E-state index in [-0.39, 0.29) is 412 Å². The van der Waals surface area contributed by atoms with Crippen molar-refractivity contribution in [2.75, 3.05) is 101 Å². The van der Waals surface area contributed by atoms with Crippen LogP contribution in [0.2, 0.25) is 0 Å². The Morgan fingerprint density at radius 2 is 0.396 bits per heavy atom. The number of methoxy groups -OCH3 is 4. The maximum atomic E-state index is 11.0. The maximum Gasteiger partial charge on any atom is 0.336 e. The number of esters is 8. The SMILES string of the molecule is C.C.C.C.C.C.C.C.C.C.C.C.C.C.C.C.C.C.C.C.C.C.C.C.C.C.C.C.C.C.C.C.C.C.C.C.C.C.C.C.COCC(=O)OC=CCC(=O)OCC(C)=O.COCC(=O)OCC=CC(=O)OCC(C)=O.COCC(=O)OCC=CCC(=O)OCC(C)=O.COCC(=O)OCC=CCC(=O)OCC(C)=O. The van der Waals surface area contributed by atoms with Gasteiger partial charge in [0.05, 0.1) is 25.5 Å². The Labute approximate surface area is 676 Å². The van der Waals surface area contributed by atoms with Gasteiger partial charge in [0.2, 0.25) is 0 Å². The number of carbonyl (C=O) groups is 12. The number of Topliss-reactive ketones (excluding diaryl/α,β-unsaturated/α-hetero) is 4. The molecule has 0 rings (SSSR count). The van der Waals surface area contributed by atoms with E-state index in [9.17, 15) is 57.5 Å². The molecule has 0 atom stereocenters. The van der Waals surface area contributed by atoms with Gasteiger partial charge in [-0.2, -0.15) is 0 Å². The summed E-state index contributed by atoms with van der Waals surface area (Å²) in [5.41, 5.74) is 0. The second kappa shape index (κ2) is 232. The van der Waals surface area contributed by atoms with Crippen LogP contribution in [-0.2, 0) is 114 Å². The molecule has 0 aliphatic carbocycles. The van der Waals surface area contributed by atoms with E-state index in [1.54, 1.807) is 0 Å². The number of rotatable bonds is 30. The van der Waals surface area contributed by atoms with Crippen molar-refractivity contribution in [1.82, 2.24) is 0 Å². The van der Waals surface area contributed by atoms with Gasteiger partial charge in [-0.1, -0.05) is 321 Å². The van der Waals surface area contributed by atoms with Gasteiger partial charge in [-0.25, -0.2) is 24.0 Å². The van der Waals surface area contributed by atoms with Crippen molar-refractivity contribution in [3.05, 3.63) is 48.8 Å². The Bertz CT molecular complexity index is 1580. The third-order valence-corrected chi connectivity index (χ3v) is 5.53. The molecule has 0 fully saturated rings. The first-order valence-corrected chi connectivity index (χ1v) is 19.1. The summed E-state index contributed by atoms with van der Waals surface area (Å²) < 4.78 is 55.0. The minimum atomic E-state index is -0.655. The second-order valence-corrected chi connectivity index (χ2v) is 12.0. The highest BCUT2D eigenvalue weighted by molar-refractivity contribution is 5.86. The average molecular weight is 1590 g/mol. The van der Waals surface area contributed by atoms with E-state index in [4.69, 9.17) is 9.47 Å². The number of ketones is 4. The first-order valence-electron chi connectivity index (χ1n) is 19.1. The largest absolute Gasteiger partial charge is 0.460 e. The van der Waals surface area contributed by atoms with Gasteiger partial charge in [-0.3, -0.25) is 33.6 Å². The van der Waals surface area contributed by atoms with Crippen molar-refractivity contribution < 1.29 is 114 Å². The van der Waals surface area contributed by atoms with E-state index in [0.717, 1.165) is 12.3 Å². The molecule has 0 unspecified atom stereocenters. The fraction of sp³-hybridized carbons (Fsp3) is 0.756. The minimum absolute atomic E-state index is 0. The van der Waals surface area contributed by atoms with Crippen molar-refractivity contribution in [2.45, 2.75) is 344 Å². The molecule has 0 aromatic rings. The van der Waals surface area contributed by atoms with Gasteiger partial charge < -0.3 is 56.8 Å². The minimum Gasteiger partial charge on any atom is -0.460 e. The summed E-state index contributed by atoms with van der Waals surface area (Å²) in [5, 5.41) is 0. The van der Waals surface area contributed by atoms with Crippen LogP contribution in [0, 0.1) is 0 Å². The van der Waals surface area contributed by atoms with Gasteiger partial charge in [0, 0.05) is 34.5 Å². The Morgan fingerprint density at radius 3 is 0.604 bits per heavy atom. The fourth-order valence-electron chi connectivity index (χ4n) is 2.91. The Balaban J connectivity index is -0.0000000102. The van der Waals surface area contributed by atoms with E-state index in [0.29, 0.717) is 0 Å². The van der Waals surface area contributed by atoms with Gasteiger partial charge in [-0.05, 0) is 39.8 Å². The molecule has 0 aliphatic heterocycles. The molecular formula is C82H220O24. The first-order chi connectivity index (χ1) is 31.2. The fourth-order valence-corrected chi connectivity index (χ4v) is 2.91. The third-order valence-electron chi connectivity index (χ3n) is 5.53. The quantitative estimate of drug-likeness (QED) is 0.0212. The summed E-state index contributed by atoms with van der Waals surface area (Å²) in [6, 6.07) is 0. The Morgan fingerprint density at radius 1 is 0.208 bits per heavy atom. The van der Waals surface area contributed by atoms with Gasteiger partial charge in [-0.15, -0.1) is 0 Å². The Kier molecular flexibility index (Phi) is 688. The normalized spacial score (nSPS) is 6.34. The molecule has 0 amide bonds. The van der Waals surface area contributed by atoms with E-state index < -0.39 is 47.8 Å². The van der Waals surface area contributed by atoms with E-state index in [2.05, 4.69) is 47.4 Å². The summed E-state index contributed by atoms with van der Waals surface area (Å²) in [6.45, 7) is 3.97. The van der Waals surface area contributed by atoms with Gasteiger partial charge >= 0.3 is 47.8 Å². The standard InChI is InChI=1S/2C11H16O6.2C10H14O6.40CH4/c2*1-9(12)7-17-10(13)5-3-4-6-16-11(14)8-15-2;2*1-8(11)6-16-9(12)4-3-5-15-10(13)7-14-2;;;;;;;;;;;;;;;;;;;;;;;;;;;;;;;;;;;;;;;;/h2*3-4H,5-8H2,1-2H3;3,5H,4,6-7H2,1-2H3;3-4H,5-7H2,1-2H3;40*1H4. The van der Waals surface area contributed by atoms with E-state index in [1.165, 1.54) is 92.6 Å². The van der Waals surface area contributed by atoms with Crippen LogP contribution in [0.5, 0.6) is 0 Å². The molecule has 0 radical (unpaired) electrons. The monoisotopic (exact) mass is 1590 g/mol. The molecule has 692 valence electrons. The molecule has 0 heterocycles. The number of hydrogen-bond acceptors (Lipinski definition) is 24. The maximum absolute atomic E-state index is 11.0. The molecule has 106 heavy (non-hydrogen) atoms. The molecule has 24 nitrogen and oxygen atoms in total. The van der Waals surface area contributed by atoms with Crippen LogP contribution < -0.4 is 0 Å². The van der Waals surface area contributed by atoms with E-state index in [1.807, 2.05) is 0 Å². The highest BCUT2D eigenvalue weighted by Crippen LogP contribution is 1.94. The van der Waals surface area contributed by atoms with Crippen molar-refractivity contribution in [1.29, 1.82) is 0 Å². The Hall–Kier alpha value is -6.76. The molecule has 0 saturated heterocycles. The highest BCUT2D eigenvalue weighted by atomic mass is 16.6. The summed E-state index contributed by atoms with van der Waals surface area (Å²) in [5.74, 6) is -5.15. The molecular weight excluding hydrogens is 1370 g/mol. The lowest BCUT2D eigenvalue weighted by Crippen LogP contribution is -2.11. The van der Waals surface area contributed by atoms with Crippen molar-refractivity contribution in [3.8, 4) is 0 Å². The van der Waals surface area contributed by atoms with Gasteiger partial charge in [0.25, 0.3) is 0 Å². The van der Waals surface area contributed by atoms with Crippen molar-refractivity contribution in [3.63, 3.8) is 0 Å². The smallest absolute Gasteiger partial charge is 0.336 e. The molecule has 0 N–H and O–H groups in total. The molecule has 0 bridgehead atoms. The number of ether oxygens (including phenoxy) is 12. The lowest BCUT2D eigenvalue weighted by atomic mass is 10.4. The molecule has 0 aliphatic rings. The van der Waals surface area contributed by atoms with Crippen LogP contribution >= 0.6 is 0 Å². The van der Waals surface area contributed by atoms with Crippen LogP contribution in [0.1, 0.15) is 344 Å². The topological polar surface area (TPSA) is 316 Å². The lowest BCUT2D eigenvalue weighted by molar-refractivity contribution is -0.147. The zero-order chi connectivity index (χ0) is 51.0. The summed E-state index contributed by atoms with van der Waals surface area (Å²) in [7, 11) is 5.52. The molecule has 24 heteroatoms. The number of carbonyl (C=O) groups excluding carboxylic acids is 12. The predicted octanol–water partition coefficient (Wildman–Crippen LogP) is 26.0. The zero-order valence-electron chi connectivity index (χ0n) is 38.3. The molecule has 0 aromatic heterocycles. The van der Waals surface area contributed by atoms with Crippen LogP contribution in [0.25, 0.3) is 0 Å². The van der Waals surface area contributed by atoms with Crippen LogP contribution in [0.15, 0.2) is 48.8 Å². The van der Waals surface area contributed by atoms with Gasteiger partial charge in [0.1, 0.15) is 72.7 Å². The molecule has 0 aromatic carbocycles. The van der Waals surface area contributed by atoms with Crippen LogP contribution in [-0.4, -0.2) is 172 Å². The highest BCUT2D eigenvalue weighted by Gasteiger charge is 2.06. The van der Waals surface area contributed by atoms with Crippen molar-refractivity contribution in [2.24, 2.45) is 0 Å². The van der Waals surface area contributed by atoms with E-state index >= 15 is 0 Å². The van der Waals surface area contributed by atoms with Crippen LogP contribution in [0.4, 0.5) is 0 Å². The summed E-state index contributed by atoms with van der Waals surface area (Å²) in [6.07, 6.45) is 10.8. The summed E-state index contributed by atoms with van der Waals surface area (Å²) >= 11 is 0. The number of hydrogen-bond donors (Lipinski definition) is 0. The predicted molar refractivity (Wildman–Crippen MR) is 493 cm³/mol. The third kappa shape index (κ3) is 295. The summed E-state index contributed by atoms with van der Waals surface area (Å²) in [4.78, 5) is 129. The van der Waals surface area contributed by atoms with Crippen LogP contribution in [0.3, 0.4) is 0 Å². The molecule has 0 spiro atoms.